The summed E-state index contributed by atoms with van der Waals surface area (Å²) in [5.74, 6) is -0.391. The Labute approximate surface area is 115 Å². The molecule has 1 atom stereocenters. The van der Waals surface area contributed by atoms with E-state index in [2.05, 4.69) is 0 Å². The van der Waals surface area contributed by atoms with Crippen molar-refractivity contribution < 1.29 is 14.3 Å². The van der Waals surface area contributed by atoms with Crippen molar-refractivity contribution in [1.82, 2.24) is 4.90 Å². The van der Waals surface area contributed by atoms with E-state index < -0.39 is 6.10 Å². The summed E-state index contributed by atoms with van der Waals surface area (Å²) in [6.45, 7) is 2.19. The number of aliphatic hydroxyl groups is 1. The normalized spacial score (nSPS) is 12.6. The van der Waals surface area contributed by atoms with Crippen LogP contribution in [0.2, 0.25) is 0 Å². The zero-order valence-corrected chi connectivity index (χ0v) is 11.7. The molecule has 0 spiro atoms. The van der Waals surface area contributed by atoms with E-state index in [-0.39, 0.29) is 11.7 Å². The molecule has 1 heterocycles. The molecule has 0 aliphatic rings. The van der Waals surface area contributed by atoms with Crippen LogP contribution in [0, 0.1) is 5.82 Å². The van der Waals surface area contributed by atoms with Crippen molar-refractivity contribution in [1.29, 1.82) is 0 Å². The molecule has 102 valence electrons. The van der Waals surface area contributed by atoms with Gasteiger partial charge in [-0.15, -0.1) is 11.3 Å². The molecule has 0 radical (unpaired) electrons. The highest BCUT2D eigenvalue weighted by Gasteiger charge is 2.15. The lowest BCUT2D eigenvalue weighted by molar-refractivity contribution is 0.0773. The number of thiophene rings is 1. The summed E-state index contributed by atoms with van der Waals surface area (Å²) in [6, 6.07) is 6.28. The van der Waals surface area contributed by atoms with Crippen LogP contribution >= 0.6 is 11.3 Å². The number of halogens is 1. The van der Waals surface area contributed by atoms with E-state index in [0.717, 1.165) is 10.1 Å². The van der Waals surface area contributed by atoms with Crippen LogP contribution < -0.4 is 0 Å². The Morgan fingerprint density at radius 2 is 2.21 bits per heavy atom. The molecular formula is C14H16FNO2S. The van der Waals surface area contributed by atoms with Gasteiger partial charge < -0.3 is 10.0 Å². The molecule has 1 amide bonds. The third kappa shape index (κ3) is 3.30. The molecule has 1 N–H and O–H groups in total. The van der Waals surface area contributed by atoms with Crippen molar-refractivity contribution in [2.75, 3.05) is 13.6 Å². The first-order valence-corrected chi connectivity index (χ1v) is 6.91. The minimum Gasteiger partial charge on any atom is -0.393 e. The third-order valence-corrected chi connectivity index (χ3v) is 4.01. The number of hydrogen-bond acceptors (Lipinski definition) is 3. The Kier molecular flexibility index (Phi) is 4.17. The zero-order valence-electron chi connectivity index (χ0n) is 10.9. The smallest absolute Gasteiger partial charge is 0.263 e. The van der Waals surface area contributed by atoms with Gasteiger partial charge in [0.05, 0.1) is 11.0 Å². The van der Waals surface area contributed by atoms with Crippen LogP contribution in [0.25, 0.3) is 10.1 Å². The molecule has 3 nitrogen and oxygen atoms in total. The Morgan fingerprint density at radius 1 is 1.47 bits per heavy atom. The maximum atomic E-state index is 13.1. The number of benzene rings is 1. The Hall–Kier alpha value is -1.46. The van der Waals surface area contributed by atoms with Crippen LogP contribution in [0.4, 0.5) is 4.39 Å². The monoisotopic (exact) mass is 281 g/mol. The molecule has 19 heavy (non-hydrogen) atoms. The number of amides is 1. The first-order valence-electron chi connectivity index (χ1n) is 6.10. The summed E-state index contributed by atoms with van der Waals surface area (Å²) in [5, 5.41) is 10.1. The molecule has 0 aliphatic heterocycles. The second-order valence-electron chi connectivity index (χ2n) is 4.66. The van der Waals surface area contributed by atoms with Crippen molar-refractivity contribution in [3.8, 4) is 0 Å². The van der Waals surface area contributed by atoms with Crippen LogP contribution in [0.5, 0.6) is 0 Å². The fraction of sp³-hybridized carbons (Fsp3) is 0.357. The summed E-state index contributed by atoms with van der Waals surface area (Å²) < 4.78 is 13.9. The zero-order chi connectivity index (χ0) is 14.0. The number of carbonyl (C=O) groups is 1. The van der Waals surface area contributed by atoms with Gasteiger partial charge in [-0.05, 0) is 36.9 Å². The van der Waals surface area contributed by atoms with E-state index in [1.165, 1.54) is 23.5 Å². The first kappa shape index (κ1) is 14.0. The van der Waals surface area contributed by atoms with Crippen molar-refractivity contribution in [2.24, 2.45) is 0 Å². The van der Waals surface area contributed by atoms with E-state index in [4.69, 9.17) is 0 Å². The van der Waals surface area contributed by atoms with Gasteiger partial charge in [-0.25, -0.2) is 4.39 Å². The summed E-state index contributed by atoms with van der Waals surface area (Å²) in [5.41, 5.74) is 0. The van der Waals surface area contributed by atoms with Gasteiger partial charge >= 0.3 is 0 Å². The molecule has 2 aromatic rings. The maximum Gasteiger partial charge on any atom is 0.263 e. The quantitative estimate of drug-likeness (QED) is 0.936. The summed E-state index contributed by atoms with van der Waals surface area (Å²) in [7, 11) is 1.70. The van der Waals surface area contributed by atoms with E-state index in [9.17, 15) is 14.3 Å². The van der Waals surface area contributed by atoms with Crippen molar-refractivity contribution in [2.45, 2.75) is 19.4 Å². The molecule has 2 rings (SSSR count). The second-order valence-corrected chi connectivity index (χ2v) is 5.74. The van der Waals surface area contributed by atoms with Crippen LogP contribution in [0.1, 0.15) is 23.0 Å². The lowest BCUT2D eigenvalue weighted by atomic mass is 10.2. The molecule has 5 heteroatoms. The predicted octanol–water partition coefficient (Wildman–Crippen LogP) is 2.88. The summed E-state index contributed by atoms with van der Waals surface area (Å²) >= 11 is 1.29. The van der Waals surface area contributed by atoms with Gasteiger partial charge in [0.25, 0.3) is 5.91 Å². The van der Waals surface area contributed by atoms with Gasteiger partial charge in [0.2, 0.25) is 0 Å². The average molecular weight is 281 g/mol. The molecular weight excluding hydrogens is 265 g/mol. The highest BCUT2D eigenvalue weighted by Crippen LogP contribution is 2.27. The number of carbonyl (C=O) groups excluding carboxylic acids is 1. The first-order chi connectivity index (χ1) is 8.97. The molecule has 1 aromatic carbocycles. The highest BCUT2D eigenvalue weighted by molar-refractivity contribution is 7.20. The van der Waals surface area contributed by atoms with Gasteiger partial charge in [0.15, 0.2) is 0 Å². The van der Waals surface area contributed by atoms with E-state index in [1.54, 1.807) is 31.0 Å². The lowest BCUT2D eigenvalue weighted by Gasteiger charge is -2.16. The van der Waals surface area contributed by atoms with Gasteiger partial charge in [-0.2, -0.15) is 0 Å². The number of nitrogens with zero attached hydrogens (tertiary/aromatic N) is 1. The molecule has 0 bridgehead atoms. The largest absolute Gasteiger partial charge is 0.393 e. The van der Waals surface area contributed by atoms with Crippen molar-refractivity contribution in [3.63, 3.8) is 0 Å². The Bertz CT molecular complexity index is 594. The highest BCUT2D eigenvalue weighted by atomic mass is 32.1. The summed E-state index contributed by atoms with van der Waals surface area (Å²) in [4.78, 5) is 14.3. The Balaban J connectivity index is 2.16. The third-order valence-electron chi connectivity index (χ3n) is 2.92. The van der Waals surface area contributed by atoms with Gasteiger partial charge in [0, 0.05) is 18.3 Å². The number of hydrogen-bond donors (Lipinski definition) is 1. The summed E-state index contributed by atoms with van der Waals surface area (Å²) in [6.07, 6.45) is 0.119. The van der Waals surface area contributed by atoms with Crippen LogP contribution in [-0.2, 0) is 0 Å². The van der Waals surface area contributed by atoms with E-state index in [0.29, 0.717) is 17.8 Å². The molecule has 1 unspecified atom stereocenters. The number of aliphatic hydroxyl groups excluding tert-OH is 1. The lowest BCUT2D eigenvalue weighted by Crippen LogP contribution is -2.28. The van der Waals surface area contributed by atoms with Crippen molar-refractivity contribution >= 4 is 27.3 Å². The van der Waals surface area contributed by atoms with Gasteiger partial charge in [0.1, 0.15) is 5.82 Å². The van der Waals surface area contributed by atoms with E-state index in [1.807, 2.05) is 0 Å². The topological polar surface area (TPSA) is 40.5 Å². The predicted molar refractivity (Wildman–Crippen MR) is 75.0 cm³/mol. The van der Waals surface area contributed by atoms with Crippen LogP contribution in [-0.4, -0.2) is 35.6 Å². The van der Waals surface area contributed by atoms with Crippen LogP contribution in [0.15, 0.2) is 24.3 Å². The molecule has 1 aromatic heterocycles. The molecule has 0 saturated heterocycles. The molecule has 0 saturated carbocycles. The molecule has 0 aliphatic carbocycles. The number of fused-ring (bicyclic) bond motifs is 1. The fourth-order valence-electron chi connectivity index (χ4n) is 1.78. The second kappa shape index (κ2) is 5.67. The fourth-order valence-corrected chi connectivity index (χ4v) is 2.86. The van der Waals surface area contributed by atoms with Gasteiger partial charge in [-0.3, -0.25) is 4.79 Å². The number of rotatable bonds is 4. The van der Waals surface area contributed by atoms with Gasteiger partial charge in [-0.1, -0.05) is 6.07 Å². The SMILES string of the molecule is CC(O)CCN(C)C(=O)c1cc2ccc(F)cc2s1. The standard InChI is InChI=1S/C14H16FNO2S/c1-9(17)5-6-16(2)14(18)13-7-10-3-4-11(15)8-12(10)19-13/h3-4,7-9,17H,5-6H2,1-2H3. The van der Waals surface area contributed by atoms with Crippen molar-refractivity contribution in [3.05, 3.63) is 35.0 Å². The molecule has 0 fully saturated rings. The van der Waals surface area contributed by atoms with Crippen LogP contribution in [0.3, 0.4) is 0 Å². The average Bonchev–Trinajstić information content (AvgIpc) is 2.77. The minimum absolute atomic E-state index is 0.0951. The van der Waals surface area contributed by atoms with E-state index >= 15 is 0 Å². The Morgan fingerprint density at radius 3 is 2.89 bits per heavy atom. The minimum atomic E-state index is -0.424. The maximum absolute atomic E-state index is 13.1.